The molecule has 22 heteroatoms. The van der Waals surface area contributed by atoms with Crippen molar-refractivity contribution < 1.29 is 97.3 Å². The maximum absolute atomic E-state index is 14.2. The average Bonchev–Trinajstić information content (AvgIpc) is 3.06. The highest BCUT2D eigenvalue weighted by molar-refractivity contribution is 5.90. The van der Waals surface area contributed by atoms with E-state index in [1.165, 1.54) is 0 Å². The molecule has 0 aliphatic carbocycles. The molecule has 0 amide bonds. The molecule has 302 valence electrons. The zero-order chi connectivity index (χ0) is 41.3. The lowest BCUT2D eigenvalue weighted by Crippen LogP contribution is -2.76. The minimum absolute atomic E-state index is 0.355. The maximum atomic E-state index is 14.2. The SMILES string of the molecule is CCCCCCCc1ccc(-c2ccc(C(=O)OCC(F)(F)C(F)(F)C(F)(F)C(F)(F)C(F)(F)C(F)(F)C(F)(F)C(F)(F)C(F)(F)C(F)F)cc2)cc1. The van der Waals surface area contributed by atoms with Crippen LogP contribution < -0.4 is 0 Å². The zero-order valence-electron chi connectivity index (χ0n) is 26.5. The molecule has 0 aliphatic rings. The van der Waals surface area contributed by atoms with Gasteiger partial charge < -0.3 is 4.74 Å². The Kier molecular flexibility index (Phi) is 13.2. The quantitative estimate of drug-likeness (QED) is 0.0803. The Morgan fingerprint density at radius 3 is 1.32 bits per heavy atom. The molecule has 2 aromatic carbocycles. The van der Waals surface area contributed by atoms with Crippen LogP contribution >= 0.6 is 0 Å². The second-order valence-electron chi connectivity index (χ2n) is 11.7. The molecule has 0 spiro atoms. The van der Waals surface area contributed by atoms with Gasteiger partial charge in [0.2, 0.25) is 0 Å². The predicted molar refractivity (Wildman–Crippen MR) is 145 cm³/mol. The van der Waals surface area contributed by atoms with Crippen LogP contribution in [0.5, 0.6) is 0 Å². The fourth-order valence-electron chi connectivity index (χ4n) is 4.49. The molecule has 2 nitrogen and oxygen atoms in total. The van der Waals surface area contributed by atoms with Crippen LogP contribution in [0.25, 0.3) is 11.1 Å². The molecule has 0 radical (unpaired) electrons. The van der Waals surface area contributed by atoms with Crippen LogP contribution in [0.15, 0.2) is 48.5 Å². The smallest absolute Gasteiger partial charge is 0.385 e. The Hall–Kier alpha value is -3.49. The number of hydrogen-bond acceptors (Lipinski definition) is 2. The summed E-state index contributed by atoms with van der Waals surface area (Å²) in [7, 11) is 0. The van der Waals surface area contributed by atoms with Gasteiger partial charge >= 0.3 is 65.7 Å². The minimum Gasteiger partial charge on any atom is -0.455 e. The fourth-order valence-corrected chi connectivity index (χ4v) is 4.49. The van der Waals surface area contributed by atoms with E-state index in [1.807, 2.05) is 0 Å². The first-order valence-electron chi connectivity index (χ1n) is 14.9. The van der Waals surface area contributed by atoms with E-state index in [4.69, 9.17) is 0 Å². The van der Waals surface area contributed by atoms with Gasteiger partial charge in [-0.25, -0.2) is 13.6 Å². The summed E-state index contributed by atoms with van der Waals surface area (Å²) in [6.45, 7) is -1.37. The fraction of sp³-hybridized carbons (Fsp3) is 0.581. The zero-order valence-corrected chi connectivity index (χ0v) is 26.5. The average molecular weight is 811 g/mol. The van der Waals surface area contributed by atoms with Crippen molar-refractivity contribution in [3.8, 4) is 11.1 Å². The number of alkyl halides is 20. The lowest BCUT2D eigenvalue weighted by molar-refractivity contribution is -0.465. The van der Waals surface area contributed by atoms with Crippen molar-refractivity contribution in [2.24, 2.45) is 0 Å². The molecular weight excluding hydrogens is 784 g/mol. The molecule has 2 aromatic rings. The number of carbonyl (C=O) groups is 1. The van der Waals surface area contributed by atoms with Crippen LogP contribution in [0, 0.1) is 0 Å². The Labute approximate surface area is 286 Å². The highest BCUT2D eigenvalue weighted by Gasteiger charge is 2.96. The van der Waals surface area contributed by atoms with Gasteiger partial charge in [0.05, 0.1) is 5.56 Å². The third kappa shape index (κ3) is 7.86. The second-order valence-corrected chi connectivity index (χ2v) is 11.7. The van der Waals surface area contributed by atoms with Crippen molar-refractivity contribution in [3.05, 3.63) is 59.7 Å². The molecule has 0 heterocycles. The molecule has 0 aromatic heterocycles. The first-order valence-corrected chi connectivity index (χ1v) is 14.9. The molecule has 2 rings (SSSR count). The van der Waals surface area contributed by atoms with E-state index in [2.05, 4.69) is 11.7 Å². The molecule has 0 unspecified atom stereocenters. The summed E-state index contributed by atoms with van der Waals surface area (Å²) in [4.78, 5) is 12.1. The summed E-state index contributed by atoms with van der Waals surface area (Å²) in [6.07, 6.45) is -0.252. The van der Waals surface area contributed by atoms with Crippen molar-refractivity contribution in [2.45, 2.75) is 105 Å². The number of benzene rings is 2. The number of halogens is 20. The van der Waals surface area contributed by atoms with Gasteiger partial charge in [-0.15, -0.1) is 0 Å². The summed E-state index contributed by atoms with van der Waals surface area (Å²) in [5, 5.41) is 0. The first kappa shape index (κ1) is 45.7. The number of carbonyl (C=O) groups excluding carboxylic acids is 1. The monoisotopic (exact) mass is 810 g/mol. The van der Waals surface area contributed by atoms with Gasteiger partial charge in [0, 0.05) is 0 Å². The largest absolute Gasteiger partial charge is 0.455 e. The van der Waals surface area contributed by atoms with E-state index in [0.29, 0.717) is 11.1 Å². The van der Waals surface area contributed by atoms with Crippen LogP contribution in [0.4, 0.5) is 87.8 Å². The van der Waals surface area contributed by atoms with E-state index in [0.717, 1.165) is 68.4 Å². The lowest BCUT2D eigenvalue weighted by atomic mass is 9.86. The Morgan fingerprint density at radius 1 is 0.528 bits per heavy atom. The third-order valence-electron chi connectivity index (χ3n) is 7.88. The van der Waals surface area contributed by atoms with Crippen LogP contribution in [0.1, 0.15) is 54.9 Å². The van der Waals surface area contributed by atoms with Crippen LogP contribution in [0.2, 0.25) is 0 Å². The summed E-state index contributed by atoms with van der Waals surface area (Å²) in [6, 6.07) is 10.7. The van der Waals surface area contributed by atoms with Crippen LogP contribution in [-0.4, -0.2) is 72.3 Å². The Bertz CT molecular complexity index is 1520. The standard InChI is InChI=1S/C31H26F20O2/c1-2-3-4-5-6-7-17-8-10-18(11-9-17)19-12-14-20(15-13-19)21(52)53-16-23(34,35)25(38,39)27(42,43)29(46,47)31(50,51)30(48,49)28(44,45)26(40,41)24(36,37)22(32)33/h8-15,22H,2-7,16H2,1H3. The predicted octanol–water partition coefficient (Wildman–Crippen LogP) is 12.0. The molecule has 0 fully saturated rings. The number of ether oxygens (including phenoxy) is 1. The Balaban J connectivity index is 2.27. The molecule has 0 saturated heterocycles. The second kappa shape index (κ2) is 15.3. The van der Waals surface area contributed by atoms with Gasteiger partial charge in [-0.05, 0) is 41.7 Å². The van der Waals surface area contributed by atoms with Gasteiger partial charge in [0.15, 0.2) is 6.61 Å². The van der Waals surface area contributed by atoms with Crippen molar-refractivity contribution in [1.82, 2.24) is 0 Å². The van der Waals surface area contributed by atoms with Gasteiger partial charge in [-0.2, -0.15) is 79.0 Å². The summed E-state index contributed by atoms with van der Waals surface area (Å²) in [5.74, 6) is -78.3. The normalized spacial score (nSPS) is 14.5. The van der Waals surface area contributed by atoms with Crippen LogP contribution in [0.3, 0.4) is 0 Å². The molecule has 0 aliphatic heterocycles. The highest BCUT2D eigenvalue weighted by atomic mass is 19.4. The number of unbranched alkanes of at least 4 members (excludes halogenated alkanes) is 4. The third-order valence-corrected chi connectivity index (χ3v) is 7.88. The van der Waals surface area contributed by atoms with Gasteiger partial charge in [-0.3, -0.25) is 0 Å². The number of esters is 1. The minimum atomic E-state index is -9.11. The Morgan fingerprint density at radius 2 is 0.906 bits per heavy atom. The van der Waals surface area contributed by atoms with E-state index in [1.54, 1.807) is 24.3 Å². The van der Waals surface area contributed by atoms with Crippen molar-refractivity contribution in [2.75, 3.05) is 6.61 Å². The van der Waals surface area contributed by atoms with Crippen molar-refractivity contribution >= 4 is 5.97 Å². The van der Waals surface area contributed by atoms with Gasteiger partial charge in [0.1, 0.15) is 0 Å². The molecule has 0 bridgehead atoms. The number of hydrogen-bond donors (Lipinski definition) is 0. The summed E-state index contributed by atoms with van der Waals surface area (Å²) >= 11 is 0. The van der Waals surface area contributed by atoms with Crippen molar-refractivity contribution in [3.63, 3.8) is 0 Å². The maximum Gasteiger partial charge on any atom is 0.385 e. The van der Waals surface area contributed by atoms with Crippen LogP contribution in [-0.2, 0) is 11.2 Å². The molecule has 0 atom stereocenters. The topological polar surface area (TPSA) is 26.3 Å². The molecular formula is C31H26F20O2. The number of rotatable bonds is 19. The lowest BCUT2D eigenvalue weighted by Gasteiger charge is -2.44. The van der Waals surface area contributed by atoms with E-state index < -0.39 is 77.9 Å². The molecule has 0 saturated carbocycles. The van der Waals surface area contributed by atoms with Gasteiger partial charge in [-0.1, -0.05) is 69.0 Å². The van der Waals surface area contributed by atoms with E-state index in [9.17, 15) is 92.6 Å². The van der Waals surface area contributed by atoms with E-state index in [-0.39, 0.29) is 0 Å². The first-order chi connectivity index (χ1) is 23.8. The molecule has 53 heavy (non-hydrogen) atoms. The highest BCUT2D eigenvalue weighted by Crippen LogP contribution is 2.65. The number of aryl methyl sites for hydroxylation is 1. The van der Waals surface area contributed by atoms with Gasteiger partial charge in [0.25, 0.3) is 0 Å². The van der Waals surface area contributed by atoms with E-state index >= 15 is 0 Å². The summed E-state index contributed by atoms with van der Waals surface area (Å²) in [5.41, 5.74) is 1.05. The molecule has 0 N–H and O–H groups in total. The summed E-state index contributed by atoms with van der Waals surface area (Å²) < 4.78 is 276. The van der Waals surface area contributed by atoms with Crippen molar-refractivity contribution in [1.29, 1.82) is 0 Å².